The Kier molecular flexibility index (Phi) is 6.84. The highest BCUT2D eigenvalue weighted by atomic mass is 32.2. The lowest BCUT2D eigenvalue weighted by atomic mass is 9.99. The summed E-state index contributed by atoms with van der Waals surface area (Å²) in [4.78, 5) is 14.5. The van der Waals surface area contributed by atoms with Crippen molar-refractivity contribution in [2.45, 2.75) is 33.1 Å². The van der Waals surface area contributed by atoms with Gasteiger partial charge in [-0.3, -0.25) is 4.79 Å². The van der Waals surface area contributed by atoms with Crippen molar-refractivity contribution in [1.82, 2.24) is 4.31 Å². The zero-order valence-electron chi connectivity index (χ0n) is 15.4. The predicted octanol–water partition coefficient (Wildman–Crippen LogP) is 2.53. The Hall–Kier alpha value is -1.60. The third-order valence-electron chi connectivity index (χ3n) is 4.56. The van der Waals surface area contributed by atoms with E-state index in [1.165, 1.54) is 17.1 Å². The number of nitrogens with one attached hydrogen (secondary N) is 1. The number of piperidine rings is 1. The van der Waals surface area contributed by atoms with Crippen molar-refractivity contribution >= 4 is 27.3 Å². The minimum Gasteiger partial charge on any atom is -0.372 e. The first kappa shape index (κ1) is 19.7. The summed E-state index contributed by atoms with van der Waals surface area (Å²) >= 11 is 0. The molecular formula is C18H29N3O3S. The number of hydrogen-bond donors (Lipinski definition) is 1. The fourth-order valence-corrected chi connectivity index (χ4v) is 3.86. The Balaban J connectivity index is 1.93. The summed E-state index contributed by atoms with van der Waals surface area (Å²) < 4.78 is 24.6. The number of anilines is 2. The monoisotopic (exact) mass is 367 g/mol. The smallest absolute Gasteiger partial charge is 0.239 e. The van der Waals surface area contributed by atoms with Crippen molar-refractivity contribution in [1.29, 1.82) is 0 Å². The van der Waals surface area contributed by atoms with E-state index >= 15 is 0 Å². The summed E-state index contributed by atoms with van der Waals surface area (Å²) in [6, 6.07) is 7.75. The normalized spacial score (nSPS) is 16.2. The maximum absolute atomic E-state index is 12.1. The second kappa shape index (κ2) is 8.67. The molecule has 0 unspecified atom stereocenters. The van der Waals surface area contributed by atoms with Gasteiger partial charge in [0.1, 0.15) is 0 Å². The molecule has 1 aromatic carbocycles. The number of sulfonamides is 1. The first-order valence-corrected chi connectivity index (χ1v) is 10.7. The van der Waals surface area contributed by atoms with Crippen LogP contribution >= 0.6 is 0 Å². The van der Waals surface area contributed by atoms with Crippen LogP contribution in [0.1, 0.15) is 33.1 Å². The number of carbonyl (C=O) groups is 1. The van der Waals surface area contributed by atoms with E-state index in [0.29, 0.717) is 18.7 Å². The highest BCUT2D eigenvalue weighted by Crippen LogP contribution is 2.24. The van der Waals surface area contributed by atoms with Gasteiger partial charge < -0.3 is 10.2 Å². The molecule has 0 saturated carbocycles. The summed E-state index contributed by atoms with van der Waals surface area (Å²) in [5, 5.41) is 2.78. The molecule has 1 aliphatic rings. The lowest BCUT2D eigenvalue weighted by Crippen LogP contribution is -2.37. The highest BCUT2D eigenvalue weighted by Gasteiger charge is 2.19. The van der Waals surface area contributed by atoms with E-state index in [4.69, 9.17) is 0 Å². The molecule has 1 amide bonds. The summed E-state index contributed by atoms with van der Waals surface area (Å²) in [6.45, 7) is 6.49. The van der Waals surface area contributed by atoms with Gasteiger partial charge in [0.15, 0.2) is 0 Å². The average Bonchev–Trinajstić information content (AvgIpc) is 2.55. The Bertz CT molecular complexity index is 665. The number of nitrogens with zero attached hydrogens (tertiary/aromatic N) is 2. The molecule has 6 nitrogen and oxygen atoms in total. The third-order valence-corrected chi connectivity index (χ3v) is 5.81. The number of amides is 1. The van der Waals surface area contributed by atoms with Crippen LogP contribution in [0.25, 0.3) is 0 Å². The van der Waals surface area contributed by atoms with Crippen molar-refractivity contribution in [3.8, 4) is 0 Å². The average molecular weight is 368 g/mol. The van der Waals surface area contributed by atoms with Crippen LogP contribution in [-0.4, -0.2) is 51.1 Å². The molecule has 0 spiro atoms. The topological polar surface area (TPSA) is 69.7 Å². The maximum atomic E-state index is 12.1. The summed E-state index contributed by atoms with van der Waals surface area (Å²) in [7, 11) is -3.37. The van der Waals surface area contributed by atoms with Crippen LogP contribution in [0.15, 0.2) is 24.3 Å². The quantitative estimate of drug-likeness (QED) is 0.804. The largest absolute Gasteiger partial charge is 0.372 e. The van der Waals surface area contributed by atoms with Gasteiger partial charge in [-0.15, -0.1) is 0 Å². The van der Waals surface area contributed by atoms with Gasteiger partial charge in [-0.2, -0.15) is 4.31 Å². The fraction of sp³-hybridized carbons (Fsp3) is 0.611. The second-order valence-corrected chi connectivity index (χ2v) is 8.84. The van der Waals surface area contributed by atoms with E-state index in [0.717, 1.165) is 31.0 Å². The molecule has 0 atom stereocenters. The molecular weight excluding hydrogens is 338 g/mol. The molecule has 1 heterocycles. The van der Waals surface area contributed by atoms with E-state index in [9.17, 15) is 13.2 Å². The van der Waals surface area contributed by atoms with Gasteiger partial charge in [0.2, 0.25) is 15.9 Å². The summed E-state index contributed by atoms with van der Waals surface area (Å²) in [5.41, 5.74) is 1.85. The molecule has 25 heavy (non-hydrogen) atoms. The van der Waals surface area contributed by atoms with Crippen molar-refractivity contribution in [2.24, 2.45) is 5.92 Å². The molecule has 1 aromatic rings. The van der Waals surface area contributed by atoms with E-state index < -0.39 is 10.0 Å². The van der Waals surface area contributed by atoms with Gasteiger partial charge in [-0.05, 0) is 49.4 Å². The number of benzene rings is 1. The molecule has 1 fully saturated rings. The molecule has 2 rings (SSSR count). The lowest BCUT2D eigenvalue weighted by molar-refractivity contribution is -0.116. The molecule has 0 radical (unpaired) electrons. The first-order valence-electron chi connectivity index (χ1n) is 8.89. The van der Waals surface area contributed by atoms with Crippen molar-refractivity contribution in [3.63, 3.8) is 0 Å². The zero-order chi connectivity index (χ0) is 18.4. The van der Waals surface area contributed by atoms with Crippen LogP contribution in [0.2, 0.25) is 0 Å². The van der Waals surface area contributed by atoms with Gasteiger partial charge in [0, 0.05) is 31.0 Å². The van der Waals surface area contributed by atoms with Crippen molar-refractivity contribution in [3.05, 3.63) is 24.3 Å². The SMILES string of the molecule is CCCN(CC(=O)Nc1ccc(N2CCC(C)CC2)cc1)S(C)(=O)=O. The molecule has 1 aliphatic heterocycles. The molecule has 0 aliphatic carbocycles. The Morgan fingerprint density at radius 3 is 2.36 bits per heavy atom. The molecule has 1 N–H and O–H groups in total. The van der Waals surface area contributed by atoms with E-state index in [2.05, 4.69) is 17.1 Å². The van der Waals surface area contributed by atoms with Gasteiger partial charge in [-0.1, -0.05) is 13.8 Å². The third kappa shape index (κ3) is 6.01. The number of rotatable bonds is 7. The van der Waals surface area contributed by atoms with Crippen molar-refractivity contribution < 1.29 is 13.2 Å². The predicted molar refractivity (Wildman–Crippen MR) is 102 cm³/mol. The Labute approximate surface area is 151 Å². The molecule has 0 bridgehead atoms. The summed E-state index contributed by atoms with van der Waals surface area (Å²) in [6.07, 6.45) is 4.21. The van der Waals surface area contributed by atoms with Crippen LogP contribution in [-0.2, 0) is 14.8 Å². The Morgan fingerprint density at radius 2 is 1.84 bits per heavy atom. The van der Waals surface area contributed by atoms with Crippen LogP contribution in [0.5, 0.6) is 0 Å². The van der Waals surface area contributed by atoms with Gasteiger partial charge in [-0.25, -0.2) is 8.42 Å². The lowest BCUT2D eigenvalue weighted by Gasteiger charge is -2.32. The first-order chi connectivity index (χ1) is 11.8. The van der Waals surface area contributed by atoms with Crippen molar-refractivity contribution in [2.75, 3.05) is 42.7 Å². The number of carbonyl (C=O) groups excluding carboxylic acids is 1. The zero-order valence-corrected chi connectivity index (χ0v) is 16.2. The molecule has 7 heteroatoms. The van der Waals surface area contributed by atoms with Crippen LogP contribution in [0.3, 0.4) is 0 Å². The standard InChI is InChI=1S/C18H29N3O3S/c1-4-11-21(25(3,23)24)14-18(22)19-16-5-7-17(8-6-16)20-12-9-15(2)10-13-20/h5-8,15H,4,9-14H2,1-3H3,(H,19,22). The van der Waals surface area contributed by atoms with Crippen LogP contribution in [0.4, 0.5) is 11.4 Å². The minimum atomic E-state index is -3.37. The second-order valence-electron chi connectivity index (χ2n) is 6.86. The molecule has 0 aromatic heterocycles. The van der Waals surface area contributed by atoms with Gasteiger partial charge >= 0.3 is 0 Å². The maximum Gasteiger partial charge on any atom is 0.239 e. The van der Waals surface area contributed by atoms with Crippen LogP contribution < -0.4 is 10.2 Å². The van der Waals surface area contributed by atoms with Gasteiger partial charge in [0.05, 0.1) is 12.8 Å². The summed E-state index contributed by atoms with van der Waals surface area (Å²) in [5.74, 6) is 0.467. The fourth-order valence-electron chi connectivity index (χ4n) is 2.99. The van der Waals surface area contributed by atoms with Gasteiger partial charge in [0.25, 0.3) is 0 Å². The van der Waals surface area contributed by atoms with E-state index in [1.54, 1.807) is 0 Å². The Morgan fingerprint density at radius 1 is 1.24 bits per heavy atom. The minimum absolute atomic E-state index is 0.154. The van der Waals surface area contributed by atoms with E-state index in [1.807, 2.05) is 31.2 Å². The highest BCUT2D eigenvalue weighted by molar-refractivity contribution is 7.88. The molecule has 1 saturated heterocycles. The number of hydrogen-bond acceptors (Lipinski definition) is 4. The molecule has 140 valence electrons. The van der Waals surface area contributed by atoms with E-state index in [-0.39, 0.29) is 12.5 Å². The van der Waals surface area contributed by atoms with Crippen LogP contribution in [0, 0.1) is 5.92 Å².